The van der Waals surface area contributed by atoms with Crippen molar-refractivity contribution in [2.75, 3.05) is 25.3 Å². The fourth-order valence-corrected chi connectivity index (χ4v) is 2.70. The molecule has 0 saturated heterocycles. The minimum Gasteiger partial charge on any atom is -0.475 e. The van der Waals surface area contributed by atoms with E-state index in [2.05, 4.69) is 15.3 Å². The molecule has 0 saturated carbocycles. The van der Waals surface area contributed by atoms with Crippen LogP contribution in [0.3, 0.4) is 0 Å². The van der Waals surface area contributed by atoms with Crippen LogP contribution in [0.4, 0.5) is 5.82 Å². The van der Waals surface area contributed by atoms with Gasteiger partial charge in [-0.05, 0) is 31.2 Å². The van der Waals surface area contributed by atoms with Gasteiger partial charge in [-0.3, -0.25) is 0 Å². The van der Waals surface area contributed by atoms with Crippen LogP contribution in [0.1, 0.15) is 17.5 Å². The smallest absolute Gasteiger partial charge is 0.374 e. The van der Waals surface area contributed by atoms with Crippen molar-refractivity contribution < 1.29 is 27.8 Å². The number of carboxylic acid groups (broad SMARTS) is 1. The lowest BCUT2D eigenvalue weighted by Crippen LogP contribution is -2.22. The largest absolute Gasteiger partial charge is 0.475 e. The third-order valence-electron chi connectivity index (χ3n) is 3.18. The van der Waals surface area contributed by atoms with Crippen LogP contribution in [0, 0.1) is 0 Å². The maximum Gasteiger partial charge on any atom is 0.374 e. The molecule has 1 atom stereocenters. The number of hydrogen-bond acceptors (Lipinski definition) is 8. The molecule has 140 valence electrons. The van der Waals surface area contributed by atoms with Gasteiger partial charge in [-0.2, -0.15) is 4.98 Å². The maximum atomic E-state index is 11.5. The van der Waals surface area contributed by atoms with E-state index in [1.165, 1.54) is 30.3 Å². The molecule has 0 fully saturated rings. The van der Waals surface area contributed by atoms with Gasteiger partial charge < -0.3 is 19.9 Å². The van der Waals surface area contributed by atoms with E-state index in [-0.39, 0.29) is 22.6 Å². The topological polar surface area (TPSA) is 128 Å². The lowest BCUT2D eigenvalue weighted by Gasteiger charge is -2.14. The summed E-state index contributed by atoms with van der Waals surface area (Å²) >= 11 is 0. The van der Waals surface area contributed by atoms with Gasteiger partial charge >= 0.3 is 5.97 Å². The zero-order valence-corrected chi connectivity index (χ0v) is 15.3. The standard InChI is InChI=1S/C16H19N3O6S/c1-10(9-24-2)17-13-8-14(19-15(18-13)16(20)21)25-11-4-6-12(7-5-11)26(3,22)23/h4-8,10H,9H2,1-3H3,(H,20,21)(H,17,18,19). The third kappa shape index (κ3) is 5.39. The third-order valence-corrected chi connectivity index (χ3v) is 4.31. The molecule has 2 aromatic rings. The summed E-state index contributed by atoms with van der Waals surface area (Å²) in [6, 6.07) is 7.04. The lowest BCUT2D eigenvalue weighted by molar-refractivity contribution is 0.0682. The molecule has 0 aliphatic carbocycles. The van der Waals surface area contributed by atoms with E-state index in [4.69, 9.17) is 14.6 Å². The van der Waals surface area contributed by atoms with Crippen LogP contribution in [0.5, 0.6) is 11.6 Å². The molecular formula is C16H19N3O6S. The normalized spacial score (nSPS) is 12.4. The second-order valence-electron chi connectivity index (χ2n) is 5.57. The Morgan fingerprint density at radius 2 is 1.92 bits per heavy atom. The number of benzene rings is 1. The first kappa shape index (κ1) is 19.6. The number of aromatic nitrogens is 2. The Kier molecular flexibility index (Phi) is 6.11. The second kappa shape index (κ2) is 8.11. The fourth-order valence-electron chi connectivity index (χ4n) is 2.07. The first-order valence-corrected chi connectivity index (χ1v) is 9.44. The van der Waals surface area contributed by atoms with Crippen molar-refractivity contribution in [3.8, 4) is 11.6 Å². The van der Waals surface area contributed by atoms with E-state index in [1.807, 2.05) is 6.92 Å². The van der Waals surface area contributed by atoms with Crippen molar-refractivity contribution >= 4 is 21.6 Å². The van der Waals surface area contributed by atoms with Crippen LogP contribution >= 0.6 is 0 Å². The molecular weight excluding hydrogens is 362 g/mol. The van der Waals surface area contributed by atoms with Crippen molar-refractivity contribution in [3.05, 3.63) is 36.2 Å². The van der Waals surface area contributed by atoms with Gasteiger partial charge in [0.25, 0.3) is 0 Å². The highest BCUT2D eigenvalue weighted by Crippen LogP contribution is 2.23. The predicted octanol–water partition coefficient (Wildman–Crippen LogP) is 1.82. The molecule has 1 heterocycles. The van der Waals surface area contributed by atoms with Crippen LogP contribution < -0.4 is 10.1 Å². The van der Waals surface area contributed by atoms with E-state index in [9.17, 15) is 13.2 Å². The molecule has 1 unspecified atom stereocenters. The van der Waals surface area contributed by atoms with Crippen LogP contribution in [-0.2, 0) is 14.6 Å². The minimum atomic E-state index is -3.32. The molecule has 1 aromatic heterocycles. The number of sulfone groups is 1. The quantitative estimate of drug-likeness (QED) is 0.703. The molecule has 2 rings (SSSR count). The Balaban J connectivity index is 2.27. The summed E-state index contributed by atoms with van der Waals surface area (Å²) in [6.45, 7) is 2.24. The van der Waals surface area contributed by atoms with Gasteiger partial charge in [-0.25, -0.2) is 18.2 Å². The maximum absolute atomic E-state index is 11.5. The van der Waals surface area contributed by atoms with Crippen LogP contribution in [-0.4, -0.2) is 55.5 Å². The van der Waals surface area contributed by atoms with E-state index in [0.717, 1.165) is 6.26 Å². The van der Waals surface area contributed by atoms with E-state index in [1.54, 1.807) is 7.11 Å². The second-order valence-corrected chi connectivity index (χ2v) is 7.58. The monoisotopic (exact) mass is 381 g/mol. The number of nitrogens with zero attached hydrogens (tertiary/aromatic N) is 2. The number of ether oxygens (including phenoxy) is 2. The molecule has 26 heavy (non-hydrogen) atoms. The molecule has 0 aliphatic rings. The molecule has 9 nitrogen and oxygen atoms in total. The first-order valence-electron chi connectivity index (χ1n) is 7.55. The number of methoxy groups -OCH3 is 1. The summed E-state index contributed by atoms with van der Waals surface area (Å²) in [5, 5.41) is 12.2. The summed E-state index contributed by atoms with van der Waals surface area (Å²) < 4.78 is 33.5. The fraction of sp³-hybridized carbons (Fsp3) is 0.312. The van der Waals surface area contributed by atoms with Gasteiger partial charge in [0.05, 0.1) is 11.5 Å². The first-order chi connectivity index (χ1) is 12.2. The highest BCUT2D eigenvalue weighted by Gasteiger charge is 2.14. The van der Waals surface area contributed by atoms with Gasteiger partial charge in [-0.1, -0.05) is 0 Å². The van der Waals surface area contributed by atoms with Crippen LogP contribution in [0.15, 0.2) is 35.2 Å². The summed E-state index contributed by atoms with van der Waals surface area (Å²) in [5.41, 5.74) is 0. The van der Waals surface area contributed by atoms with Crippen molar-refractivity contribution in [1.82, 2.24) is 9.97 Å². The summed E-state index contributed by atoms with van der Waals surface area (Å²) in [7, 11) is -1.77. The molecule has 0 radical (unpaired) electrons. The number of anilines is 1. The lowest BCUT2D eigenvalue weighted by atomic mass is 10.3. The summed E-state index contributed by atoms with van der Waals surface area (Å²) in [4.78, 5) is 19.1. The van der Waals surface area contributed by atoms with Crippen molar-refractivity contribution in [3.63, 3.8) is 0 Å². The van der Waals surface area contributed by atoms with E-state index in [0.29, 0.717) is 12.4 Å². The number of hydrogen-bond donors (Lipinski definition) is 2. The number of rotatable bonds is 8. The number of carbonyl (C=O) groups is 1. The van der Waals surface area contributed by atoms with E-state index < -0.39 is 21.6 Å². The zero-order valence-electron chi connectivity index (χ0n) is 14.5. The SMILES string of the molecule is COCC(C)Nc1cc(Oc2ccc(S(C)(=O)=O)cc2)nc(C(=O)O)n1. The number of aromatic carboxylic acids is 1. The van der Waals surface area contributed by atoms with Gasteiger partial charge in [0.15, 0.2) is 9.84 Å². The summed E-state index contributed by atoms with van der Waals surface area (Å²) in [5.74, 6) is -1.14. The molecule has 2 N–H and O–H groups in total. The Labute approximate surface area is 150 Å². The zero-order chi connectivity index (χ0) is 19.3. The van der Waals surface area contributed by atoms with Crippen molar-refractivity contribution in [2.24, 2.45) is 0 Å². The minimum absolute atomic E-state index is 0.0108. The van der Waals surface area contributed by atoms with Crippen LogP contribution in [0.25, 0.3) is 0 Å². The molecule has 0 bridgehead atoms. The van der Waals surface area contributed by atoms with Gasteiger partial charge in [0.1, 0.15) is 11.6 Å². The Morgan fingerprint density at radius 1 is 1.27 bits per heavy atom. The molecule has 0 aliphatic heterocycles. The van der Waals surface area contributed by atoms with Crippen molar-refractivity contribution in [1.29, 1.82) is 0 Å². The van der Waals surface area contributed by atoms with Gasteiger partial charge in [0, 0.05) is 25.5 Å². The highest BCUT2D eigenvalue weighted by molar-refractivity contribution is 7.90. The Bertz CT molecular complexity index is 883. The van der Waals surface area contributed by atoms with Gasteiger partial charge in [-0.15, -0.1) is 0 Å². The number of nitrogens with one attached hydrogen (secondary N) is 1. The number of carboxylic acids is 1. The highest BCUT2D eigenvalue weighted by atomic mass is 32.2. The average Bonchev–Trinajstić information content (AvgIpc) is 2.54. The molecule has 0 amide bonds. The Hall–Kier alpha value is -2.72. The molecule has 10 heteroatoms. The average molecular weight is 381 g/mol. The van der Waals surface area contributed by atoms with Crippen molar-refractivity contribution in [2.45, 2.75) is 17.9 Å². The van der Waals surface area contributed by atoms with Crippen LogP contribution in [0.2, 0.25) is 0 Å². The summed E-state index contributed by atoms with van der Waals surface area (Å²) in [6.07, 6.45) is 1.10. The predicted molar refractivity (Wildman–Crippen MR) is 93.6 cm³/mol. The molecule has 0 spiro atoms. The Morgan fingerprint density at radius 3 is 2.46 bits per heavy atom. The van der Waals surface area contributed by atoms with Gasteiger partial charge in [0.2, 0.25) is 11.7 Å². The van der Waals surface area contributed by atoms with E-state index >= 15 is 0 Å². The molecule has 1 aromatic carbocycles.